The number of sulfonamides is 1. The molecule has 0 N–H and O–H groups in total. The van der Waals surface area contributed by atoms with E-state index in [0.29, 0.717) is 24.7 Å². The van der Waals surface area contributed by atoms with E-state index in [1.807, 2.05) is 32.9 Å². The molecule has 5 nitrogen and oxygen atoms in total. The van der Waals surface area contributed by atoms with Crippen LogP contribution < -0.4 is 0 Å². The summed E-state index contributed by atoms with van der Waals surface area (Å²) in [6.45, 7) is 7.33. The molecule has 128 valence electrons. The minimum absolute atomic E-state index is 0.226. The summed E-state index contributed by atoms with van der Waals surface area (Å²) < 4.78 is 39.5. The lowest BCUT2D eigenvalue weighted by molar-refractivity contribution is -0.0913. The highest BCUT2D eigenvalue weighted by atomic mass is 32.2. The van der Waals surface area contributed by atoms with Gasteiger partial charge in [-0.1, -0.05) is 24.1 Å². The van der Waals surface area contributed by atoms with Gasteiger partial charge in [-0.3, -0.25) is 0 Å². The molecule has 2 saturated heterocycles. The summed E-state index contributed by atoms with van der Waals surface area (Å²) in [5, 5.41) is 0. The Hall–Kier alpha value is -0.950. The molecular weight excluding hydrogens is 314 g/mol. The van der Waals surface area contributed by atoms with Crippen LogP contribution in [0.5, 0.6) is 0 Å². The Labute approximate surface area is 138 Å². The molecular formula is C17H25NO4S. The zero-order valence-corrected chi connectivity index (χ0v) is 14.9. The molecule has 0 spiro atoms. The van der Waals surface area contributed by atoms with E-state index in [2.05, 4.69) is 0 Å². The SMILES string of the molecule is Cc1cc(C)c(S(=O)(=O)N2CCCC[C@@H]2C2OCCO2)c(C)c1. The lowest BCUT2D eigenvalue weighted by Gasteiger charge is -2.37. The topological polar surface area (TPSA) is 55.8 Å². The zero-order valence-electron chi connectivity index (χ0n) is 14.0. The number of aryl methyl sites for hydroxylation is 3. The van der Waals surface area contributed by atoms with Crippen molar-refractivity contribution in [3.8, 4) is 0 Å². The average Bonchev–Trinajstić information content (AvgIpc) is 3.00. The van der Waals surface area contributed by atoms with Crippen molar-refractivity contribution in [3.05, 3.63) is 28.8 Å². The maximum atomic E-state index is 13.3. The standard InChI is InChI=1S/C17H25NO4S/c1-12-10-13(2)16(14(3)11-12)23(19,20)18-7-5-4-6-15(18)17-21-8-9-22-17/h10-11,15,17H,4-9H2,1-3H3/t15-/m1/s1. The Balaban J connectivity index is 2.00. The highest BCUT2D eigenvalue weighted by Gasteiger charge is 2.41. The zero-order chi connectivity index (χ0) is 16.6. The van der Waals surface area contributed by atoms with Crippen LogP contribution in [0.4, 0.5) is 0 Å². The quantitative estimate of drug-likeness (QED) is 0.849. The highest BCUT2D eigenvalue weighted by molar-refractivity contribution is 7.89. The Morgan fingerprint density at radius 2 is 1.65 bits per heavy atom. The van der Waals surface area contributed by atoms with E-state index in [9.17, 15) is 8.42 Å². The molecule has 0 saturated carbocycles. The van der Waals surface area contributed by atoms with E-state index in [1.165, 1.54) is 0 Å². The molecule has 0 unspecified atom stereocenters. The minimum atomic E-state index is -3.55. The Morgan fingerprint density at radius 1 is 1.04 bits per heavy atom. The molecule has 3 rings (SSSR count). The smallest absolute Gasteiger partial charge is 0.244 e. The van der Waals surface area contributed by atoms with E-state index in [4.69, 9.17) is 9.47 Å². The normalized spacial score (nSPS) is 24.2. The van der Waals surface area contributed by atoms with E-state index in [-0.39, 0.29) is 6.04 Å². The molecule has 1 aromatic carbocycles. The summed E-state index contributed by atoms with van der Waals surface area (Å²) in [5.74, 6) is 0. The fourth-order valence-corrected chi connectivity index (χ4v) is 5.89. The molecule has 1 aromatic rings. The number of piperidine rings is 1. The van der Waals surface area contributed by atoms with E-state index in [1.54, 1.807) is 4.31 Å². The summed E-state index contributed by atoms with van der Waals surface area (Å²) >= 11 is 0. The maximum absolute atomic E-state index is 13.3. The summed E-state index contributed by atoms with van der Waals surface area (Å²) in [6.07, 6.45) is 2.24. The van der Waals surface area contributed by atoms with E-state index in [0.717, 1.165) is 36.0 Å². The third kappa shape index (κ3) is 3.18. The van der Waals surface area contributed by atoms with Crippen LogP contribution in [0.15, 0.2) is 17.0 Å². The first-order valence-electron chi connectivity index (χ1n) is 8.24. The molecule has 2 aliphatic heterocycles. The first kappa shape index (κ1) is 16.9. The summed E-state index contributed by atoms with van der Waals surface area (Å²) in [6, 6.07) is 3.64. The first-order valence-corrected chi connectivity index (χ1v) is 9.68. The molecule has 2 fully saturated rings. The van der Waals surface area contributed by atoms with Crippen molar-refractivity contribution in [2.24, 2.45) is 0 Å². The molecule has 6 heteroatoms. The Morgan fingerprint density at radius 3 is 2.26 bits per heavy atom. The van der Waals surface area contributed by atoms with Crippen molar-refractivity contribution in [2.75, 3.05) is 19.8 Å². The number of hydrogen-bond acceptors (Lipinski definition) is 4. The van der Waals surface area contributed by atoms with E-state index >= 15 is 0 Å². The molecule has 0 aromatic heterocycles. The van der Waals surface area contributed by atoms with Gasteiger partial charge in [0.25, 0.3) is 0 Å². The van der Waals surface area contributed by atoms with Gasteiger partial charge in [-0.15, -0.1) is 0 Å². The van der Waals surface area contributed by atoms with Crippen LogP contribution in [0.2, 0.25) is 0 Å². The molecule has 23 heavy (non-hydrogen) atoms. The van der Waals surface area contributed by atoms with Gasteiger partial charge in [0.2, 0.25) is 10.0 Å². The van der Waals surface area contributed by atoms with Crippen LogP contribution in [-0.2, 0) is 19.5 Å². The van der Waals surface area contributed by atoms with Crippen molar-refractivity contribution >= 4 is 10.0 Å². The molecule has 2 aliphatic rings. The predicted molar refractivity (Wildman–Crippen MR) is 87.9 cm³/mol. The Bertz CT molecular complexity index is 657. The van der Waals surface area contributed by atoms with Gasteiger partial charge in [-0.2, -0.15) is 4.31 Å². The second kappa shape index (κ2) is 6.51. The van der Waals surface area contributed by atoms with Crippen molar-refractivity contribution < 1.29 is 17.9 Å². The molecule has 1 atom stereocenters. The van der Waals surface area contributed by atoms with Gasteiger partial charge in [0.05, 0.1) is 24.2 Å². The van der Waals surface area contributed by atoms with Gasteiger partial charge in [0, 0.05) is 6.54 Å². The average molecular weight is 339 g/mol. The van der Waals surface area contributed by atoms with Crippen LogP contribution in [-0.4, -0.2) is 44.8 Å². The van der Waals surface area contributed by atoms with Crippen molar-refractivity contribution in [1.29, 1.82) is 0 Å². The predicted octanol–water partition coefficient (Wildman–Crippen LogP) is 2.53. The van der Waals surface area contributed by atoms with Crippen molar-refractivity contribution in [3.63, 3.8) is 0 Å². The second-order valence-electron chi connectivity index (χ2n) is 6.52. The monoisotopic (exact) mass is 339 g/mol. The highest BCUT2D eigenvalue weighted by Crippen LogP contribution is 2.32. The largest absolute Gasteiger partial charge is 0.349 e. The van der Waals surface area contributed by atoms with Gasteiger partial charge in [-0.05, 0) is 44.7 Å². The van der Waals surface area contributed by atoms with Gasteiger partial charge >= 0.3 is 0 Å². The third-order valence-corrected chi connectivity index (χ3v) is 6.86. The second-order valence-corrected chi connectivity index (χ2v) is 8.34. The lowest BCUT2D eigenvalue weighted by atomic mass is 10.0. The van der Waals surface area contributed by atoms with Crippen molar-refractivity contribution in [1.82, 2.24) is 4.31 Å². The third-order valence-electron chi connectivity index (χ3n) is 4.63. The fraction of sp³-hybridized carbons (Fsp3) is 0.647. The van der Waals surface area contributed by atoms with Gasteiger partial charge in [0.15, 0.2) is 6.29 Å². The first-order chi connectivity index (χ1) is 10.9. The lowest BCUT2D eigenvalue weighted by Crippen LogP contribution is -2.50. The van der Waals surface area contributed by atoms with Gasteiger partial charge < -0.3 is 9.47 Å². The van der Waals surface area contributed by atoms with Crippen LogP contribution in [0.1, 0.15) is 36.0 Å². The number of hydrogen-bond donors (Lipinski definition) is 0. The van der Waals surface area contributed by atoms with Crippen LogP contribution in [0.25, 0.3) is 0 Å². The van der Waals surface area contributed by atoms with Crippen LogP contribution in [0.3, 0.4) is 0 Å². The molecule has 2 heterocycles. The van der Waals surface area contributed by atoms with E-state index < -0.39 is 16.3 Å². The minimum Gasteiger partial charge on any atom is -0.349 e. The molecule has 0 aliphatic carbocycles. The fourth-order valence-electron chi connectivity index (χ4n) is 3.79. The van der Waals surface area contributed by atoms with Crippen LogP contribution in [0, 0.1) is 20.8 Å². The number of rotatable bonds is 3. The van der Waals surface area contributed by atoms with Gasteiger partial charge in [0.1, 0.15) is 0 Å². The molecule has 0 amide bonds. The maximum Gasteiger partial charge on any atom is 0.244 e. The summed E-state index contributed by atoms with van der Waals surface area (Å²) in [7, 11) is -3.55. The summed E-state index contributed by atoms with van der Waals surface area (Å²) in [4.78, 5) is 0.438. The van der Waals surface area contributed by atoms with Gasteiger partial charge in [-0.25, -0.2) is 8.42 Å². The molecule has 0 radical (unpaired) electrons. The van der Waals surface area contributed by atoms with Crippen molar-refractivity contribution in [2.45, 2.75) is 57.3 Å². The number of ether oxygens (including phenoxy) is 2. The Kier molecular flexibility index (Phi) is 4.78. The number of nitrogens with zero attached hydrogens (tertiary/aromatic N) is 1. The summed E-state index contributed by atoms with van der Waals surface area (Å²) in [5.41, 5.74) is 2.69. The van der Waals surface area contributed by atoms with Crippen LogP contribution >= 0.6 is 0 Å². The number of benzene rings is 1. The molecule has 0 bridgehead atoms.